The SMILES string of the molecule is c1ccc(-c2cc(-c3ccccc3)cc(-c3cc(-c4cc(-c5nc(-c6ccccc6)nc(-c6ccccc6)n5)ccc4-c4ccccc4)c4ccccc4c3)c2)cc1. The van der Waals surface area contributed by atoms with Crippen LogP contribution in [0.2, 0.25) is 0 Å². The molecule has 0 atom stereocenters. The predicted octanol–water partition coefficient (Wildman–Crippen LogP) is 14.4. The average molecular weight is 740 g/mol. The van der Waals surface area contributed by atoms with Gasteiger partial charge in [-0.15, -0.1) is 0 Å². The van der Waals surface area contributed by atoms with E-state index in [0.29, 0.717) is 17.5 Å². The highest BCUT2D eigenvalue weighted by Crippen LogP contribution is 2.42. The van der Waals surface area contributed by atoms with E-state index in [1.54, 1.807) is 0 Å². The summed E-state index contributed by atoms with van der Waals surface area (Å²) in [6, 6.07) is 79.2. The summed E-state index contributed by atoms with van der Waals surface area (Å²) < 4.78 is 0. The molecule has 9 aromatic carbocycles. The zero-order valence-corrected chi connectivity index (χ0v) is 31.7. The molecule has 0 bridgehead atoms. The molecule has 0 unspecified atom stereocenters. The van der Waals surface area contributed by atoms with Crippen LogP contribution in [0.15, 0.2) is 224 Å². The molecule has 1 heterocycles. The van der Waals surface area contributed by atoms with Crippen molar-refractivity contribution in [3.8, 4) is 89.8 Å². The number of hydrogen-bond donors (Lipinski definition) is 0. The maximum absolute atomic E-state index is 5.12. The number of nitrogens with zero attached hydrogens (tertiary/aromatic N) is 3. The van der Waals surface area contributed by atoms with Gasteiger partial charge in [0.2, 0.25) is 0 Å². The Morgan fingerprint density at radius 2 is 0.586 bits per heavy atom. The van der Waals surface area contributed by atoms with Gasteiger partial charge in [-0.3, -0.25) is 0 Å². The Labute approximate surface area is 338 Å². The molecule has 0 saturated carbocycles. The maximum Gasteiger partial charge on any atom is 0.164 e. The summed E-state index contributed by atoms with van der Waals surface area (Å²) in [5, 5.41) is 2.34. The Bertz CT molecular complexity index is 2900. The van der Waals surface area contributed by atoms with Crippen LogP contribution in [0.5, 0.6) is 0 Å². The topological polar surface area (TPSA) is 38.7 Å². The van der Waals surface area contributed by atoms with Crippen molar-refractivity contribution in [1.29, 1.82) is 0 Å². The van der Waals surface area contributed by atoms with Gasteiger partial charge in [-0.05, 0) is 103 Å². The first kappa shape index (κ1) is 34.7. The molecule has 3 nitrogen and oxygen atoms in total. The third-order valence-electron chi connectivity index (χ3n) is 10.7. The minimum Gasteiger partial charge on any atom is -0.208 e. The van der Waals surface area contributed by atoms with Gasteiger partial charge in [0.15, 0.2) is 17.5 Å². The summed E-state index contributed by atoms with van der Waals surface area (Å²) in [6.45, 7) is 0. The van der Waals surface area contributed by atoms with Crippen LogP contribution in [0.3, 0.4) is 0 Å². The minimum atomic E-state index is 0.622. The molecule has 10 aromatic rings. The Kier molecular flexibility index (Phi) is 9.23. The summed E-state index contributed by atoms with van der Waals surface area (Å²) in [7, 11) is 0. The first-order valence-corrected chi connectivity index (χ1v) is 19.6. The lowest BCUT2D eigenvalue weighted by atomic mass is 9.86. The number of fused-ring (bicyclic) bond motifs is 1. The van der Waals surface area contributed by atoms with Crippen LogP contribution in [0.4, 0.5) is 0 Å². The number of benzene rings is 9. The quantitative estimate of drug-likeness (QED) is 0.156. The summed E-state index contributed by atoms with van der Waals surface area (Å²) in [4.78, 5) is 15.2. The predicted molar refractivity (Wildman–Crippen MR) is 241 cm³/mol. The van der Waals surface area contributed by atoms with E-state index in [4.69, 9.17) is 15.0 Å². The van der Waals surface area contributed by atoms with Gasteiger partial charge in [-0.25, -0.2) is 15.0 Å². The minimum absolute atomic E-state index is 0.622. The van der Waals surface area contributed by atoms with Crippen LogP contribution in [0.25, 0.3) is 101 Å². The summed E-state index contributed by atoms with van der Waals surface area (Å²) in [6.07, 6.45) is 0. The van der Waals surface area contributed by atoms with Gasteiger partial charge >= 0.3 is 0 Å². The third-order valence-corrected chi connectivity index (χ3v) is 10.7. The molecule has 0 radical (unpaired) electrons. The maximum atomic E-state index is 5.12. The largest absolute Gasteiger partial charge is 0.208 e. The summed E-state index contributed by atoms with van der Waals surface area (Å²) >= 11 is 0. The van der Waals surface area contributed by atoms with Crippen LogP contribution in [-0.4, -0.2) is 15.0 Å². The first-order valence-electron chi connectivity index (χ1n) is 19.6. The van der Waals surface area contributed by atoms with Crippen molar-refractivity contribution in [2.75, 3.05) is 0 Å². The van der Waals surface area contributed by atoms with Gasteiger partial charge in [-0.1, -0.05) is 188 Å². The number of rotatable bonds is 8. The summed E-state index contributed by atoms with van der Waals surface area (Å²) in [5.74, 6) is 1.90. The number of aromatic nitrogens is 3. The molecular formula is C55H37N3. The van der Waals surface area contributed by atoms with Crippen molar-refractivity contribution < 1.29 is 0 Å². The van der Waals surface area contributed by atoms with Gasteiger partial charge in [-0.2, -0.15) is 0 Å². The molecular weight excluding hydrogens is 703 g/mol. The lowest BCUT2D eigenvalue weighted by molar-refractivity contribution is 1.07. The molecule has 272 valence electrons. The molecule has 10 rings (SSSR count). The highest BCUT2D eigenvalue weighted by atomic mass is 15.0. The fourth-order valence-corrected chi connectivity index (χ4v) is 7.80. The van der Waals surface area contributed by atoms with Crippen molar-refractivity contribution in [1.82, 2.24) is 15.0 Å². The lowest BCUT2D eigenvalue weighted by Gasteiger charge is -2.18. The monoisotopic (exact) mass is 739 g/mol. The Balaban J connectivity index is 1.21. The van der Waals surface area contributed by atoms with Crippen LogP contribution in [0.1, 0.15) is 0 Å². The molecule has 0 aliphatic carbocycles. The van der Waals surface area contributed by atoms with Crippen LogP contribution in [-0.2, 0) is 0 Å². The van der Waals surface area contributed by atoms with E-state index >= 15 is 0 Å². The Morgan fingerprint density at radius 1 is 0.207 bits per heavy atom. The average Bonchev–Trinajstić information content (AvgIpc) is 3.32. The second-order valence-corrected chi connectivity index (χ2v) is 14.4. The normalized spacial score (nSPS) is 11.1. The molecule has 0 spiro atoms. The standard InChI is InChI=1S/C55H37N3/c1-6-18-38(19-7-1)45-33-46(39-20-8-2-9-21-39)35-47(34-45)48-32-43-28-16-17-29-49(43)52(37-48)51-36-44(30-31-50(51)40-22-10-3-11-23-40)55-57-53(41-24-12-4-13-25-41)56-54(58-55)42-26-14-5-15-27-42/h1-37H. The van der Waals surface area contributed by atoms with E-state index in [1.807, 2.05) is 60.7 Å². The van der Waals surface area contributed by atoms with E-state index in [0.717, 1.165) is 50.1 Å². The van der Waals surface area contributed by atoms with Crippen molar-refractivity contribution in [3.63, 3.8) is 0 Å². The van der Waals surface area contributed by atoms with Crippen LogP contribution >= 0.6 is 0 Å². The summed E-state index contributed by atoms with van der Waals surface area (Å²) in [5.41, 5.74) is 14.3. The van der Waals surface area contributed by atoms with Crippen molar-refractivity contribution in [2.45, 2.75) is 0 Å². The second kappa shape index (κ2) is 15.4. The molecule has 0 fully saturated rings. The van der Waals surface area contributed by atoms with Crippen LogP contribution < -0.4 is 0 Å². The van der Waals surface area contributed by atoms with Crippen molar-refractivity contribution in [3.05, 3.63) is 224 Å². The number of hydrogen-bond acceptors (Lipinski definition) is 3. The molecule has 58 heavy (non-hydrogen) atoms. The van der Waals surface area contributed by atoms with Crippen LogP contribution in [0, 0.1) is 0 Å². The van der Waals surface area contributed by atoms with E-state index < -0.39 is 0 Å². The van der Waals surface area contributed by atoms with Gasteiger partial charge in [0, 0.05) is 16.7 Å². The van der Waals surface area contributed by atoms with E-state index in [9.17, 15) is 0 Å². The molecule has 1 aromatic heterocycles. The lowest BCUT2D eigenvalue weighted by Crippen LogP contribution is -2.00. The van der Waals surface area contributed by atoms with Gasteiger partial charge in [0.25, 0.3) is 0 Å². The van der Waals surface area contributed by atoms with E-state index in [-0.39, 0.29) is 0 Å². The Morgan fingerprint density at radius 3 is 1.10 bits per heavy atom. The smallest absolute Gasteiger partial charge is 0.164 e. The van der Waals surface area contributed by atoms with Crippen molar-refractivity contribution in [2.24, 2.45) is 0 Å². The third kappa shape index (κ3) is 6.98. The Hall–Kier alpha value is -7.75. The molecule has 3 heteroatoms. The molecule has 0 N–H and O–H groups in total. The zero-order chi connectivity index (χ0) is 38.7. The molecule has 0 aliphatic heterocycles. The van der Waals surface area contributed by atoms with E-state index in [2.05, 4.69) is 164 Å². The van der Waals surface area contributed by atoms with E-state index in [1.165, 1.54) is 33.0 Å². The highest BCUT2D eigenvalue weighted by molar-refractivity contribution is 6.04. The van der Waals surface area contributed by atoms with Gasteiger partial charge in [0.05, 0.1) is 0 Å². The molecule has 0 aliphatic rings. The fourth-order valence-electron chi connectivity index (χ4n) is 7.80. The second-order valence-electron chi connectivity index (χ2n) is 14.4. The van der Waals surface area contributed by atoms with Crippen molar-refractivity contribution >= 4 is 10.8 Å². The fraction of sp³-hybridized carbons (Fsp3) is 0. The zero-order valence-electron chi connectivity index (χ0n) is 31.7. The highest BCUT2D eigenvalue weighted by Gasteiger charge is 2.18. The molecule has 0 amide bonds. The van der Waals surface area contributed by atoms with Gasteiger partial charge < -0.3 is 0 Å². The first-order chi connectivity index (χ1) is 28.7. The molecule has 0 saturated heterocycles. The van der Waals surface area contributed by atoms with Gasteiger partial charge in [0.1, 0.15) is 0 Å².